The minimum Gasteiger partial charge on any atom is -0.343 e. The van der Waals surface area contributed by atoms with Crippen molar-refractivity contribution >= 4 is 67.1 Å². The molecule has 3 N–H and O–H groups in total. The van der Waals surface area contributed by atoms with Crippen molar-refractivity contribution in [2.45, 2.75) is 12.5 Å². The van der Waals surface area contributed by atoms with Crippen LogP contribution in [0, 0.1) is 0 Å². The number of anilines is 2. The highest BCUT2D eigenvalue weighted by atomic mass is 35.5. The predicted molar refractivity (Wildman–Crippen MR) is 135 cm³/mol. The second-order valence-corrected chi connectivity index (χ2v) is 9.72. The van der Waals surface area contributed by atoms with Gasteiger partial charge in [0.05, 0.1) is 27.8 Å². The fourth-order valence-corrected chi connectivity index (χ4v) is 5.23. The third kappa shape index (κ3) is 4.44. The maximum Gasteiger partial charge on any atom is 0.251 e. The van der Waals surface area contributed by atoms with E-state index in [9.17, 15) is 9.59 Å². The van der Waals surface area contributed by atoms with Gasteiger partial charge in [-0.2, -0.15) is 0 Å². The lowest BCUT2D eigenvalue weighted by molar-refractivity contribution is -0.129. The summed E-state index contributed by atoms with van der Waals surface area (Å²) in [6.45, 7) is 1.35. The van der Waals surface area contributed by atoms with Crippen LogP contribution in [0.2, 0.25) is 5.02 Å². The molecule has 2 amide bonds. The maximum atomic E-state index is 12.7. The lowest BCUT2D eigenvalue weighted by Crippen LogP contribution is -2.40. The zero-order chi connectivity index (χ0) is 23.8. The number of halogens is 1. The Balaban J connectivity index is 1.28. The normalized spacial score (nSPS) is 15.9. The molecule has 1 saturated heterocycles. The number of carbonyl (C=O) groups excluding carboxylic acids is 2. The fourth-order valence-electron chi connectivity index (χ4n) is 4.09. The summed E-state index contributed by atoms with van der Waals surface area (Å²) < 4.78 is 2.89. The van der Waals surface area contributed by atoms with Gasteiger partial charge in [0.15, 0.2) is 5.13 Å². The number of hydrogen-bond donors (Lipinski definition) is 3. The van der Waals surface area contributed by atoms with E-state index in [1.165, 1.54) is 11.3 Å². The molecule has 5 rings (SSSR count). The van der Waals surface area contributed by atoms with Crippen LogP contribution in [0.15, 0.2) is 36.4 Å². The van der Waals surface area contributed by atoms with Crippen molar-refractivity contribution in [3.05, 3.63) is 47.0 Å². The van der Waals surface area contributed by atoms with E-state index in [1.54, 1.807) is 17.0 Å². The van der Waals surface area contributed by atoms with Crippen LogP contribution in [0.5, 0.6) is 0 Å². The molecule has 34 heavy (non-hydrogen) atoms. The van der Waals surface area contributed by atoms with Crippen molar-refractivity contribution in [1.29, 1.82) is 0 Å². The van der Waals surface area contributed by atoms with Crippen LogP contribution in [0.3, 0.4) is 0 Å². The molecule has 0 bridgehead atoms. The number of hydrogen-bond acceptors (Lipinski definition) is 7. The van der Waals surface area contributed by atoms with Gasteiger partial charge in [0.2, 0.25) is 11.9 Å². The monoisotopic (exact) mass is 497 g/mol. The molecule has 2 aromatic heterocycles. The quantitative estimate of drug-likeness (QED) is 0.378. The summed E-state index contributed by atoms with van der Waals surface area (Å²) in [6, 6.07) is 11.2. The number of aromatic nitrogens is 3. The molecular formula is C23H24ClN7O2S. The highest BCUT2D eigenvalue weighted by molar-refractivity contribution is 7.22. The average molecular weight is 498 g/mol. The van der Waals surface area contributed by atoms with E-state index in [4.69, 9.17) is 11.6 Å². The molecule has 1 atom stereocenters. The summed E-state index contributed by atoms with van der Waals surface area (Å²) in [4.78, 5) is 36.1. The van der Waals surface area contributed by atoms with Gasteiger partial charge < -0.3 is 25.4 Å². The third-order valence-electron chi connectivity index (χ3n) is 6.06. The topological polar surface area (TPSA) is 104 Å². The second kappa shape index (κ2) is 9.21. The zero-order valence-electron chi connectivity index (χ0n) is 18.8. The first kappa shape index (κ1) is 22.6. The summed E-state index contributed by atoms with van der Waals surface area (Å²) >= 11 is 7.57. The molecule has 11 heteroatoms. The molecular weight excluding hydrogens is 474 g/mol. The highest BCUT2D eigenvalue weighted by Crippen LogP contribution is 2.31. The van der Waals surface area contributed by atoms with Crippen LogP contribution in [0.4, 0.5) is 11.1 Å². The Hall–Kier alpha value is -3.21. The highest BCUT2D eigenvalue weighted by Gasteiger charge is 2.25. The van der Waals surface area contributed by atoms with E-state index in [1.807, 2.05) is 42.9 Å². The number of carbonyl (C=O) groups is 2. The van der Waals surface area contributed by atoms with E-state index in [0.29, 0.717) is 46.3 Å². The molecule has 176 valence electrons. The molecule has 2 aromatic carbocycles. The molecule has 4 aromatic rings. The van der Waals surface area contributed by atoms with Crippen LogP contribution in [-0.4, -0.2) is 64.0 Å². The summed E-state index contributed by atoms with van der Waals surface area (Å²) in [6.07, 6.45) is 0.924. The number of benzene rings is 2. The lowest BCUT2D eigenvalue weighted by Gasteiger charge is -2.16. The summed E-state index contributed by atoms with van der Waals surface area (Å²) in [5.41, 5.74) is 2.85. The second-order valence-electron chi connectivity index (χ2n) is 8.25. The number of aryl methyl sites for hydroxylation is 1. The molecule has 1 aliphatic rings. The van der Waals surface area contributed by atoms with Gasteiger partial charge >= 0.3 is 0 Å². The maximum absolute atomic E-state index is 12.7. The standard InChI is InChI=1S/C23H24ClN7O2S/c1-25-15-7-8-31(12-15)20(32)11-26-21(33)13-3-6-18-17(9-13)27-22(30(18)2)29-23-28-16-5-4-14(24)10-19(16)34-23/h3-6,9-10,15,25H,7-8,11-12H2,1-2H3,(H,26,33)(H,27,28,29)/t15-/m1/s1. The van der Waals surface area contributed by atoms with Crippen molar-refractivity contribution in [3.8, 4) is 0 Å². The van der Waals surface area contributed by atoms with E-state index in [2.05, 4.69) is 25.9 Å². The minimum atomic E-state index is -0.303. The van der Waals surface area contributed by atoms with Gasteiger partial charge in [-0.05, 0) is 49.9 Å². The fraction of sp³-hybridized carbons (Fsp3) is 0.304. The van der Waals surface area contributed by atoms with Crippen LogP contribution < -0.4 is 16.0 Å². The molecule has 0 saturated carbocycles. The Labute approximate surface area is 205 Å². The van der Waals surface area contributed by atoms with Crippen molar-refractivity contribution < 1.29 is 9.59 Å². The van der Waals surface area contributed by atoms with Crippen molar-refractivity contribution in [2.24, 2.45) is 7.05 Å². The number of amides is 2. The van der Waals surface area contributed by atoms with Crippen molar-refractivity contribution in [2.75, 3.05) is 32.0 Å². The molecule has 3 heterocycles. The first-order chi connectivity index (χ1) is 16.4. The average Bonchev–Trinajstić information content (AvgIpc) is 3.54. The van der Waals surface area contributed by atoms with Crippen LogP contribution >= 0.6 is 22.9 Å². The Kier molecular flexibility index (Phi) is 6.11. The molecule has 1 fully saturated rings. The smallest absolute Gasteiger partial charge is 0.251 e. The van der Waals surface area contributed by atoms with Gasteiger partial charge in [-0.1, -0.05) is 22.9 Å². The van der Waals surface area contributed by atoms with E-state index in [0.717, 1.165) is 22.2 Å². The third-order valence-corrected chi connectivity index (χ3v) is 7.23. The summed E-state index contributed by atoms with van der Waals surface area (Å²) in [5.74, 6) is 0.234. The number of nitrogens with zero attached hydrogens (tertiary/aromatic N) is 4. The molecule has 0 unspecified atom stereocenters. The molecule has 1 aliphatic heterocycles. The Morgan fingerprint density at radius 3 is 2.82 bits per heavy atom. The van der Waals surface area contributed by atoms with E-state index in [-0.39, 0.29) is 18.4 Å². The summed E-state index contributed by atoms with van der Waals surface area (Å²) in [7, 11) is 3.79. The first-order valence-corrected chi connectivity index (χ1v) is 12.1. The van der Waals surface area contributed by atoms with Gasteiger partial charge in [-0.15, -0.1) is 0 Å². The van der Waals surface area contributed by atoms with Gasteiger partial charge in [-0.25, -0.2) is 9.97 Å². The molecule has 0 radical (unpaired) electrons. The number of imidazole rings is 1. The summed E-state index contributed by atoms with van der Waals surface area (Å²) in [5, 5.41) is 10.5. The largest absolute Gasteiger partial charge is 0.343 e. The van der Waals surface area contributed by atoms with E-state index < -0.39 is 0 Å². The van der Waals surface area contributed by atoms with Gasteiger partial charge in [0.1, 0.15) is 0 Å². The zero-order valence-corrected chi connectivity index (χ0v) is 20.3. The number of rotatable bonds is 6. The SMILES string of the molecule is CN[C@@H]1CCN(C(=O)CNC(=O)c2ccc3c(c2)nc(Nc2nc4ccc(Cl)cc4s2)n3C)C1. The molecule has 0 spiro atoms. The van der Waals surface area contributed by atoms with E-state index >= 15 is 0 Å². The Bertz CT molecular complexity index is 1400. The Morgan fingerprint density at radius 1 is 1.18 bits per heavy atom. The Morgan fingerprint density at radius 2 is 2.03 bits per heavy atom. The van der Waals surface area contributed by atoms with Gasteiger partial charge in [0, 0.05) is 36.8 Å². The minimum absolute atomic E-state index is 0.0239. The molecule has 0 aliphatic carbocycles. The number of likely N-dealkylation sites (tertiary alicyclic amines) is 1. The lowest BCUT2D eigenvalue weighted by atomic mass is 10.2. The number of nitrogens with one attached hydrogen (secondary N) is 3. The van der Waals surface area contributed by atoms with Crippen LogP contribution in [-0.2, 0) is 11.8 Å². The van der Waals surface area contributed by atoms with Crippen LogP contribution in [0.1, 0.15) is 16.8 Å². The molecule has 9 nitrogen and oxygen atoms in total. The van der Waals surface area contributed by atoms with Gasteiger partial charge in [-0.3, -0.25) is 9.59 Å². The first-order valence-electron chi connectivity index (χ1n) is 10.9. The van der Waals surface area contributed by atoms with Crippen LogP contribution in [0.25, 0.3) is 21.3 Å². The van der Waals surface area contributed by atoms with Crippen molar-refractivity contribution in [3.63, 3.8) is 0 Å². The van der Waals surface area contributed by atoms with Crippen molar-refractivity contribution in [1.82, 2.24) is 30.1 Å². The number of likely N-dealkylation sites (N-methyl/N-ethyl adjacent to an activating group) is 1. The number of fused-ring (bicyclic) bond motifs is 2. The predicted octanol–water partition coefficient (Wildman–Crippen LogP) is 3.13. The number of thiazole rings is 1. The van der Waals surface area contributed by atoms with Gasteiger partial charge in [0.25, 0.3) is 5.91 Å².